The second-order valence-corrected chi connectivity index (χ2v) is 6.14. The highest BCUT2D eigenvalue weighted by molar-refractivity contribution is 7.80. The van der Waals surface area contributed by atoms with E-state index in [1.54, 1.807) is 12.1 Å². The molecule has 0 saturated carbocycles. The zero-order chi connectivity index (χ0) is 17.5. The first kappa shape index (κ1) is 18.0. The third-order valence-electron chi connectivity index (χ3n) is 3.32. The lowest BCUT2D eigenvalue weighted by molar-refractivity contribution is -0.873. The molecule has 1 amide bonds. The van der Waals surface area contributed by atoms with Crippen molar-refractivity contribution in [3.05, 3.63) is 53.5 Å². The number of benzene rings is 1. The van der Waals surface area contributed by atoms with Gasteiger partial charge in [0, 0.05) is 5.69 Å². The van der Waals surface area contributed by atoms with Crippen LogP contribution in [0.4, 0.5) is 5.69 Å². The van der Waals surface area contributed by atoms with E-state index in [4.69, 9.17) is 16.6 Å². The number of anilines is 1. The third-order valence-corrected chi connectivity index (χ3v) is 3.53. The molecule has 1 aromatic heterocycles. The summed E-state index contributed by atoms with van der Waals surface area (Å²) in [5.74, 6) is 0.631. The molecule has 128 valence electrons. The van der Waals surface area contributed by atoms with Crippen LogP contribution < -0.4 is 21.1 Å². The molecule has 24 heavy (non-hydrogen) atoms. The molecular formula is C17H23N4O2S+. The van der Waals surface area contributed by atoms with Gasteiger partial charge in [0.15, 0.2) is 16.6 Å². The van der Waals surface area contributed by atoms with Crippen LogP contribution in [0.5, 0.6) is 0 Å². The zero-order valence-corrected chi connectivity index (χ0v) is 14.9. The Morgan fingerprint density at radius 3 is 2.46 bits per heavy atom. The molecular weight excluding hydrogens is 324 g/mol. The summed E-state index contributed by atoms with van der Waals surface area (Å²) < 4.78 is 5.50. The van der Waals surface area contributed by atoms with Crippen molar-refractivity contribution >= 4 is 28.9 Å². The Kier molecular flexibility index (Phi) is 6.34. The lowest BCUT2D eigenvalue weighted by atomic mass is 10.1. The van der Waals surface area contributed by atoms with Gasteiger partial charge in [-0.1, -0.05) is 19.1 Å². The van der Waals surface area contributed by atoms with E-state index < -0.39 is 0 Å². The number of hydrogen-bond donors (Lipinski definition) is 4. The highest BCUT2D eigenvalue weighted by Gasteiger charge is 2.12. The van der Waals surface area contributed by atoms with Crippen molar-refractivity contribution in [3.8, 4) is 0 Å². The lowest BCUT2D eigenvalue weighted by Gasteiger charge is -2.11. The van der Waals surface area contributed by atoms with Crippen LogP contribution in [-0.4, -0.2) is 25.1 Å². The minimum Gasteiger partial charge on any atom is -0.450 e. The fraction of sp³-hybridized carbons (Fsp3) is 0.294. The minimum atomic E-state index is -0.375. The van der Waals surface area contributed by atoms with Crippen LogP contribution in [0.2, 0.25) is 0 Å². The first-order chi connectivity index (χ1) is 11.5. The Balaban J connectivity index is 1.82. The van der Waals surface area contributed by atoms with Gasteiger partial charge in [-0.25, -0.2) is 0 Å². The second kappa shape index (κ2) is 8.47. The van der Waals surface area contributed by atoms with Crippen molar-refractivity contribution in [2.24, 2.45) is 0 Å². The maximum atomic E-state index is 12.0. The Bertz CT molecular complexity index is 695. The summed E-state index contributed by atoms with van der Waals surface area (Å²) >= 11 is 5.16. The molecule has 1 aromatic carbocycles. The molecule has 0 aliphatic rings. The van der Waals surface area contributed by atoms with E-state index in [2.05, 4.69) is 23.1 Å². The number of nitrogens with one attached hydrogen (secondary N) is 4. The Labute approximate surface area is 147 Å². The SMILES string of the molecule is CCc1ccc(NC(=S)NNC(=O)c2ccc(C[NH+](C)C)o2)cc1. The van der Waals surface area contributed by atoms with Gasteiger partial charge in [-0.15, -0.1) is 0 Å². The highest BCUT2D eigenvalue weighted by Crippen LogP contribution is 2.09. The molecule has 0 unspecified atom stereocenters. The standard InChI is InChI=1S/C17H22N4O2S/c1-4-12-5-7-13(8-6-12)18-17(24)20-19-16(22)15-10-9-14(23-15)11-21(2)3/h5-10H,4,11H2,1-3H3,(H,19,22)(H2,18,20,24)/p+1. The fourth-order valence-corrected chi connectivity index (χ4v) is 2.27. The molecule has 0 atom stereocenters. The number of amides is 1. The maximum Gasteiger partial charge on any atom is 0.305 e. The van der Waals surface area contributed by atoms with Crippen molar-refractivity contribution in [2.75, 3.05) is 19.4 Å². The lowest BCUT2D eigenvalue weighted by Crippen LogP contribution is -3.04. The second-order valence-electron chi connectivity index (χ2n) is 5.73. The first-order valence-electron chi connectivity index (χ1n) is 7.82. The molecule has 0 aliphatic carbocycles. The summed E-state index contributed by atoms with van der Waals surface area (Å²) in [6.07, 6.45) is 0.986. The fourth-order valence-electron chi connectivity index (χ4n) is 2.10. The minimum absolute atomic E-state index is 0.244. The zero-order valence-electron chi connectivity index (χ0n) is 14.1. The topological polar surface area (TPSA) is 70.7 Å². The molecule has 0 aliphatic heterocycles. The summed E-state index contributed by atoms with van der Waals surface area (Å²) in [5.41, 5.74) is 7.28. The Hall–Kier alpha value is -2.38. The van der Waals surface area contributed by atoms with E-state index in [-0.39, 0.29) is 11.7 Å². The molecule has 1 heterocycles. The van der Waals surface area contributed by atoms with Crippen LogP contribution >= 0.6 is 12.2 Å². The molecule has 2 rings (SSSR count). The maximum absolute atomic E-state index is 12.0. The predicted octanol–water partition coefficient (Wildman–Crippen LogP) is 1.12. The molecule has 0 spiro atoms. The summed E-state index contributed by atoms with van der Waals surface area (Å²) in [5, 5.41) is 3.31. The summed E-state index contributed by atoms with van der Waals surface area (Å²) in [6, 6.07) is 11.4. The van der Waals surface area contributed by atoms with Crippen LogP contribution in [-0.2, 0) is 13.0 Å². The van der Waals surface area contributed by atoms with E-state index in [0.29, 0.717) is 11.7 Å². The van der Waals surface area contributed by atoms with E-state index in [1.807, 2.05) is 38.4 Å². The van der Waals surface area contributed by atoms with Crippen LogP contribution in [0.25, 0.3) is 0 Å². The van der Waals surface area contributed by atoms with Crippen LogP contribution in [0.15, 0.2) is 40.8 Å². The average molecular weight is 347 g/mol. The quantitative estimate of drug-likeness (QED) is 0.482. The molecule has 0 bridgehead atoms. The average Bonchev–Trinajstić information content (AvgIpc) is 3.01. The van der Waals surface area contributed by atoms with Gasteiger partial charge in [-0.3, -0.25) is 15.6 Å². The number of furan rings is 1. The summed E-state index contributed by atoms with van der Waals surface area (Å²) in [7, 11) is 4.03. The molecule has 0 saturated heterocycles. The molecule has 4 N–H and O–H groups in total. The predicted molar refractivity (Wildman–Crippen MR) is 97.9 cm³/mol. The number of hydrogen-bond acceptors (Lipinski definition) is 3. The molecule has 2 aromatic rings. The molecule has 0 fully saturated rings. The van der Waals surface area contributed by atoms with E-state index in [9.17, 15) is 4.79 Å². The van der Waals surface area contributed by atoms with Gasteiger partial charge in [0.25, 0.3) is 0 Å². The van der Waals surface area contributed by atoms with Gasteiger partial charge in [-0.05, 0) is 48.5 Å². The normalized spacial score (nSPS) is 10.5. The third kappa shape index (κ3) is 5.36. The number of quaternary nitrogens is 1. The van der Waals surface area contributed by atoms with Crippen molar-refractivity contribution in [1.29, 1.82) is 0 Å². The highest BCUT2D eigenvalue weighted by atomic mass is 32.1. The smallest absolute Gasteiger partial charge is 0.305 e. The van der Waals surface area contributed by atoms with Crippen molar-refractivity contribution < 1.29 is 14.1 Å². The van der Waals surface area contributed by atoms with Crippen molar-refractivity contribution in [2.45, 2.75) is 19.9 Å². The van der Waals surface area contributed by atoms with Gasteiger partial charge in [0.2, 0.25) is 0 Å². The number of thiocarbonyl (C=S) groups is 1. The van der Waals surface area contributed by atoms with Gasteiger partial charge >= 0.3 is 5.91 Å². The Morgan fingerprint density at radius 2 is 1.83 bits per heavy atom. The first-order valence-corrected chi connectivity index (χ1v) is 8.22. The van der Waals surface area contributed by atoms with Crippen molar-refractivity contribution in [3.63, 3.8) is 0 Å². The Morgan fingerprint density at radius 1 is 1.12 bits per heavy atom. The number of carbonyl (C=O) groups excluding carboxylic acids is 1. The summed E-state index contributed by atoms with van der Waals surface area (Å²) in [4.78, 5) is 13.2. The largest absolute Gasteiger partial charge is 0.450 e. The van der Waals surface area contributed by atoms with Gasteiger partial charge in [-0.2, -0.15) is 0 Å². The van der Waals surface area contributed by atoms with E-state index >= 15 is 0 Å². The molecule has 6 nitrogen and oxygen atoms in total. The van der Waals surface area contributed by atoms with E-state index in [1.165, 1.54) is 10.5 Å². The van der Waals surface area contributed by atoms with Crippen LogP contribution in [0.1, 0.15) is 28.8 Å². The number of rotatable bonds is 5. The number of aryl methyl sites for hydroxylation is 1. The van der Waals surface area contributed by atoms with Gasteiger partial charge < -0.3 is 14.6 Å². The summed E-state index contributed by atoms with van der Waals surface area (Å²) in [6.45, 7) is 2.82. The van der Waals surface area contributed by atoms with E-state index in [0.717, 1.165) is 17.9 Å². The molecule has 0 radical (unpaired) electrons. The number of carbonyl (C=O) groups is 1. The van der Waals surface area contributed by atoms with Crippen LogP contribution in [0.3, 0.4) is 0 Å². The van der Waals surface area contributed by atoms with Gasteiger partial charge in [0.05, 0.1) is 14.1 Å². The van der Waals surface area contributed by atoms with Gasteiger partial charge in [0.1, 0.15) is 6.54 Å². The number of hydrazine groups is 1. The van der Waals surface area contributed by atoms with Crippen LogP contribution in [0, 0.1) is 0 Å². The molecule has 7 heteroatoms. The monoisotopic (exact) mass is 347 g/mol. The van der Waals surface area contributed by atoms with Crippen molar-refractivity contribution in [1.82, 2.24) is 10.9 Å².